The van der Waals surface area contributed by atoms with Crippen molar-refractivity contribution in [2.45, 2.75) is 46.0 Å². The van der Waals surface area contributed by atoms with Gasteiger partial charge in [0, 0.05) is 12.4 Å². The van der Waals surface area contributed by atoms with Crippen LogP contribution in [0.4, 0.5) is 0 Å². The quantitative estimate of drug-likeness (QED) is 0.935. The summed E-state index contributed by atoms with van der Waals surface area (Å²) in [6.07, 6.45) is 6.01. The van der Waals surface area contributed by atoms with Crippen molar-refractivity contribution in [1.29, 1.82) is 0 Å². The highest BCUT2D eigenvalue weighted by Crippen LogP contribution is 2.46. The zero-order valence-electron chi connectivity index (χ0n) is 13.5. The number of hydrogen-bond donors (Lipinski definition) is 1. The Balaban J connectivity index is 1.90. The fourth-order valence-corrected chi connectivity index (χ4v) is 3.68. The molecular weight excluding hydrogens is 258 g/mol. The predicted molar refractivity (Wildman–Crippen MR) is 88.2 cm³/mol. The molecule has 21 heavy (non-hydrogen) atoms. The Kier molecular flexibility index (Phi) is 3.56. The van der Waals surface area contributed by atoms with Crippen LogP contribution in [0.25, 0.3) is 10.9 Å². The zero-order valence-corrected chi connectivity index (χ0v) is 13.5. The van der Waals surface area contributed by atoms with Crippen molar-refractivity contribution in [3.63, 3.8) is 0 Å². The van der Waals surface area contributed by atoms with Crippen molar-refractivity contribution in [3.8, 4) is 0 Å². The van der Waals surface area contributed by atoms with Crippen LogP contribution in [0, 0.1) is 10.8 Å². The Morgan fingerprint density at radius 3 is 2.48 bits per heavy atom. The number of nitrogens with zero attached hydrogens (tertiary/aromatic N) is 2. The molecule has 0 radical (unpaired) electrons. The van der Waals surface area contributed by atoms with Crippen LogP contribution in [0.15, 0.2) is 24.3 Å². The van der Waals surface area contributed by atoms with E-state index in [1.54, 1.807) is 0 Å². The number of para-hydroxylation sites is 1. The fraction of sp³-hybridized carbons (Fsp3) is 0.611. The van der Waals surface area contributed by atoms with Crippen LogP contribution in [0.2, 0.25) is 0 Å². The molecular formula is C18H27N3. The van der Waals surface area contributed by atoms with E-state index in [1.165, 1.54) is 42.3 Å². The second kappa shape index (κ2) is 5.13. The maximum atomic E-state index is 6.19. The first kappa shape index (κ1) is 14.6. The molecule has 0 aliphatic heterocycles. The summed E-state index contributed by atoms with van der Waals surface area (Å²) in [7, 11) is 2.03. The van der Waals surface area contributed by atoms with Crippen molar-refractivity contribution in [1.82, 2.24) is 9.78 Å². The Hall–Kier alpha value is -1.35. The van der Waals surface area contributed by atoms with E-state index in [2.05, 4.69) is 38.1 Å². The van der Waals surface area contributed by atoms with Crippen LogP contribution in [-0.2, 0) is 13.5 Å². The molecule has 1 fully saturated rings. The third kappa shape index (κ3) is 2.71. The molecule has 1 heterocycles. The molecule has 1 aliphatic carbocycles. The van der Waals surface area contributed by atoms with Crippen LogP contribution in [-0.4, -0.2) is 16.3 Å². The van der Waals surface area contributed by atoms with Gasteiger partial charge in [-0.1, -0.05) is 32.0 Å². The van der Waals surface area contributed by atoms with Gasteiger partial charge in [0.15, 0.2) is 0 Å². The lowest BCUT2D eigenvalue weighted by Crippen LogP contribution is -2.39. The number of rotatable bonds is 3. The lowest BCUT2D eigenvalue weighted by molar-refractivity contribution is 0.107. The maximum absolute atomic E-state index is 6.19. The van der Waals surface area contributed by atoms with E-state index in [1.807, 2.05) is 11.7 Å². The van der Waals surface area contributed by atoms with E-state index in [0.29, 0.717) is 5.41 Å². The minimum atomic E-state index is 0.243. The summed E-state index contributed by atoms with van der Waals surface area (Å²) in [5, 5.41) is 6.06. The molecule has 3 heteroatoms. The Morgan fingerprint density at radius 2 is 1.81 bits per heavy atom. The van der Waals surface area contributed by atoms with Gasteiger partial charge in [-0.3, -0.25) is 4.68 Å². The van der Waals surface area contributed by atoms with E-state index in [9.17, 15) is 0 Å². The summed E-state index contributed by atoms with van der Waals surface area (Å²) in [6.45, 7) is 5.53. The number of aromatic nitrogens is 2. The van der Waals surface area contributed by atoms with Crippen molar-refractivity contribution < 1.29 is 0 Å². The van der Waals surface area contributed by atoms with Gasteiger partial charge < -0.3 is 5.73 Å². The van der Waals surface area contributed by atoms with Gasteiger partial charge in [-0.2, -0.15) is 5.10 Å². The van der Waals surface area contributed by atoms with E-state index in [-0.39, 0.29) is 5.41 Å². The molecule has 114 valence electrons. The lowest BCUT2D eigenvalue weighted by Gasteiger charge is -2.43. The van der Waals surface area contributed by atoms with Gasteiger partial charge in [0.2, 0.25) is 0 Å². The maximum Gasteiger partial charge on any atom is 0.0709 e. The Bertz CT molecular complexity index is 629. The van der Waals surface area contributed by atoms with Crippen molar-refractivity contribution in [3.05, 3.63) is 30.0 Å². The standard InChI is InChI=1S/C18H27N3/c1-17(2)8-10-18(13-19,11-9-17)12-15-14-6-4-5-7-16(14)21(3)20-15/h4-7H,8-13,19H2,1-3H3. The number of hydrogen-bond acceptors (Lipinski definition) is 2. The summed E-state index contributed by atoms with van der Waals surface area (Å²) >= 11 is 0. The SMILES string of the molecule is Cn1nc(CC2(CN)CCC(C)(C)CC2)c2ccccc21. The Morgan fingerprint density at radius 1 is 1.14 bits per heavy atom. The van der Waals surface area contributed by atoms with Gasteiger partial charge in [-0.15, -0.1) is 0 Å². The molecule has 1 aromatic carbocycles. The van der Waals surface area contributed by atoms with Crippen LogP contribution >= 0.6 is 0 Å². The lowest BCUT2D eigenvalue weighted by atomic mass is 9.63. The zero-order chi connectivity index (χ0) is 15.1. The third-order valence-electron chi connectivity index (χ3n) is 5.47. The normalized spacial score (nSPS) is 20.8. The predicted octanol–water partition coefficient (Wildman–Crippen LogP) is 3.66. The number of aryl methyl sites for hydroxylation is 1. The highest BCUT2D eigenvalue weighted by atomic mass is 15.3. The number of fused-ring (bicyclic) bond motifs is 1. The molecule has 2 aromatic rings. The molecule has 1 saturated carbocycles. The van der Waals surface area contributed by atoms with Gasteiger partial charge in [0.25, 0.3) is 0 Å². The Labute approximate surface area is 127 Å². The van der Waals surface area contributed by atoms with Gasteiger partial charge >= 0.3 is 0 Å². The first-order valence-corrected chi connectivity index (χ1v) is 8.05. The highest BCUT2D eigenvalue weighted by Gasteiger charge is 2.38. The third-order valence-corrected chi connectivity index (χ3v) is 5.47. The summed E-state index contributed by atoms with van der Waals surface area (Å²) in [5.74, 6) is 0. The second-order valence-electron chi connectivity index (χ2n) is 7.63. The van der Waals surface area contributed by atoms with E-state index >= 15 is 0 Å². The average Bonchev–Trinajstić information content (AvgIpc) is 2.79. The van der Waals surface area contributed by atoms with Gasteiger partial charge in [0.1, 0.15) is 0 Å². The molecule has 0 amide bonds. The van der Waals surface area contributed by atoms with Crippen LogP contribution in [0.5, 0.6) is 0 Å². The minimum absolute atomic E-state index is 0.243. The van der Waals surface area contributed by atoms with Crippen LogP contribution < -0.4 is 5.73 Å². The molecule has 0 bridgehead atoms. The molecule has 1 aromatic heterocycles. The monoisotopic (exact) mass is 285 g/mol. The highest BCUT2D eigenvalue weighted by molar-refractivity contribution is 5.81. The molecule has 0 saturated heterocycles. The van der Waals surface area contributed by atoms with E-state index in [4.69, 9.17) is 10.8 Å². The molecule has 0 spiro atoms. The molecule has 3 nitrogen and oxygen atoms in total. The minimum Gasteiger partial charge on any atom is -0.330 e. The van der Waals surface area contributed by atoms with Crippen LogP contribution in [0.3, 0.4) is 0 Å². The summed E-state index contributed by atoms with van der Waals surface area (Å²) in [4.78, 5) is 0. The van der Waals surface area contributed by atoms with Crippen molar-refractivity contribution in [2.75, 3.05) is 6.54 Å². The first-order valence-electron chi connectivity index (χ1n) is 8.05. The first-order chi connectivity index (χ1) is 9.95. The summed E-state index contributed by atoms with van der Waals surface area (Å²) in [6, 6.07) is 8.52. The molecule has 2 N–H and O–H groups in total. The second-order valence-corrected chi connectivity index (χ2v) is 7.63. The molecule has 0 unspecified atom stereocenters. The molecule has 0 atom stereocenters. The topological polar surface area (TPSA) is 43.8 Å². The number of benzene rings is 1. The fourth-order valence-electron chi connectivity index (χ4n) is 3.68. The van der Waals surface area contributed by atoms with E-state index in [0.717, 1.165) is 13.0 Å². The van der Waals surface area contributed by atoms with Crippen molar-refractivity contribution in [2.24, 2.45) is 23.6 Å². The molecule has 3 rings (SSSR count). The van der Waals surface area contributed by atoms with Crippen LogP contribution in [0.1, 0.15) is 45.2 Å². The largest absolute Gasteiger partial charge is 0.330 e. The van der Waals surface area contributed by atoms with Gasteiger partial charge in [0.05, 0.1) is 11.2 Å². The molecule has 1 aliphatic rings. The van der Waals surface area contributed by atoms with Gasteiger partial charge in [-0.05, 0) is 55.5 Å². The van der Waals surface area contributed by atoms with Crippen molar-refractivity contribution >= 4 is 10.9 Å². The van der Waals surface area contributed by atoms with Gasteiger partial charge in [-0.25, -0.2) is 0 Å². The smallest absolute Gasteiger partial charge is 0.0709 e. The summed E-state index contributed by atoms with van der Waals surface area (Å²) < 4.78 is 2.00. The number of nitrogens with two attached hydrogens (primary N) is 1. The van der Waals surface area contributed by atoms with E-state index < -0.39 is 0 Å². The average molecular weight is 285 g/mol. The summed E-state index contributed by atoms with van der Waals surface area (Å²) in [5.41, 5.74) is 9.35.